The Morgan fingerprint density at radius 2 is 1.60 bits per heavy atom. The van der Waals surface area contributed by atoms with Crippen molar-refractivity contribution in [3.05, 3.63) is 71.3 Å². The topological polar surface area (TPSA) is 81.7 Å². The summed E-state index contributed by atoms with van der Waals surface area (Å²) in [5.74, 6) is -1.65. The highest BCUT2D eigenvalue weighted by atomic mass is 16.5. The predicted molar refractivity (Wildman–Crippen MR) is 93.2 cm³/mol. The summed E-state index contributed by atoms with van der Waals surface area (Å²) < 4.78 is 9.34. The Labute approximate surface area is 145 Å². The summed E-state index contributed by atoms with van der Waals surface area (Å²) >= 11 is 0. The van der Waals surface area contributed by atoms with Crippen LogP contribution in [0.3, 0.4) is 0 Å². The van der Waals surface area contributed by atoms with Crippen molar-refractivity contribution in [1.82, 2.24) is 0 Å². The van der Waals surface area contributed by atoms with Crippen molar-refractivity contribution >= 4 is 29.6 Å². The van der Waals surface area contributed by atoms with E-state index in [1.54, 1.807) is 6.08 Å². The lowest BCUT2D eigenvalue weighted by Crippen LogP contribution is -2.14. The van der Waals surface area contributed by atoms with E-state index in [1.165, 1.54) is 38.5 Å². The molecule has 6 nitrogen and oxygen atoms in total. The van der Waals surface area contributed by atoms with Crippen molar-refractivity contribution in [2.45, 2.75) is 0 Å². The van der Waals surface area contributed by atoms with Crippen LogP contribution in [-0.2, 0) is 14.3 Å². The number of anilines is 1. The Bertz CT molecular complexity index is 812. The summed E-state index contributed by atoms with van der Waals surface area (Å²) in [7, 11) is 2.48. The van der Waals surface area contributed by atoms with Crippen LogP contribution in [0.1, 0.15) is 26.3 Å². The molecule has 0 aliphatic rings. The zero-order valence-electron chi connectivity index (χ0n) is 13.8. The van der Waals surface area contributed by atoms with Gasteiger partial charge in [0, 0.05) is 6.08 Å². The van der Waals surface area contributed by atoms with Crippen molar-refractivity contribution in [2.24, 2.45) is 0 Å². The molecular weight excluding hydrogens is 322 g/mol. The molecule has 2 rings (SSSR count). The second-order valence-corrected chi connectivity index (χ2v) is 4.98. The largest absolute Gasteiger partial charge is 0.465 e. The molecule has 25 heavy (non-hydrogen) atoms. The number of hydrogen-bond donors (Lipinski definition) is 1. The number of amides is 1. The zero-order chi connectivity index (χ0) is 18.2. The number of benzene rings is 2. The van der Waals surface area contributed by atoms with E-state index in [-0.39, 0.29) is 16.8 Å². The first-order valence-electron chi connectivity index (χ1n) is 7.40. The molecule has 1 amide bonds. The van der Waals surface area contributed by atoms with Gasteiger partial charge in [-0.25, -0.2) is 9.59 Å². The van der Waals surface area contributed by atoms with E-state index in [0.29, 0.717) is 0 Å². The van der Waals surface area contributed by atoms with Gasteiger partial charge in [-0.15, -0.1) is 0 Å². The number of nitrogens with one attached hydrogen (secondary N) is 1. The lowest BCUT2D eigenvalue weighted by Gasteiger charge is -2.10. The van der Waals surface area contributed by atoms with Crippen LogP contribution in [0.4, 0.5) is 5.69 Å². The molecule has 0 radical (unpaired) electrons. The normalized spacial score (nSPS) is 10.3. The molecule has 0 saturated carbocycles. The number of methoxy groups -OCH3 is 2. The number of esters is 2. The van der Waals surface area contributed by atoms with Crippen molar-refractivity contribution < 1.29 is 23.9 Å². The molecule has 2 aromatic carbocycles. The average Bonchev–Trinajstić information content (AvgIpc) is 2.65. The summed E-state index contributed by atoms with van der Waals surface area (Å²) in [5.41, 5.74) is 1.36. The summed E-state index contributed by atoms with van der Waals surface area (Å²) in [6, 6.07) is 13.5. The van der Waals surface area contributed by atoms with E-state index < -0.39 is 17.8 Å². The van der Waals surface area contributed by atoms with Crippen molar-refractivity contribution in [1.29, 1.82) is 0 Å². The van der Waals surface area contributed by atoms with Crippen LogP contribution in [0.5, 0.6) is 0 Å². The van der Waals surface area contributed by atoms with Gasteiger partial charge >= 0.3 is 11.9 Å². The van der Waals surface area contributed by atoms with Gasteiger partial charge in [-0.1, -0.05) is 30.3 Å². The summed E-state index contributed by atoms with van der Waals surface area (Å²) in [5, 5.41) is 2.58. The highest BCUT2D eigenvalue weighted by molar-refractivity contribution is 6.07. The van der Waals surface area contributed by atoms with Gasteiger partial charge in [0.2, 0.25) is 5.91 Å². The third kappa shape index (κ3) is 4.78. The van der Waals surface area contributed by atoms with E-state index in [1.807, 2.05) is 30.3 Å². The Hall–Kier alpha value is -3.41. The number of carbonyl (C=O) groups is 3. The van der Waals surface area contributed by atoms with Gasteiger partial charge in [0.05, 0.1) is 31.0 Å². The molecule has 128 valence electrons. The SMILES string of the molecule is COC(=O)c1ccc(C(=O)OC)c(NC(=O)C=Cc2ccccc2)c1. The molecule has 2 aromatic rings. The van der Waals surface area contributed by atoms with Crippen molar-refractivity contribution in [3.63, 3.8) is 0 Å². The molecule has 0 bridgehead atoms. The molecule has 0 aliphatic heterocycles. The Morgan fingerprint density at radius 1 is 0.920 bits per heavy atom. The van der Waals surface area contributed by atoms with E-state index in [4.69, 9.17) is 4.74 Å². The van der Waals surface area contributed by atoms with Crippen LogP contribution >= 0.6 is 0 Å². The van der Waals surface area contributed by atoms with E-state index in [9.17, 15) is 14.4 Å². The fourth-order valence-corrected chi connectivity index (χ4v) is 2.09. The Kier molecular flexibility index (Phi) is 6.06. The molecule has 6 heteroatoms. The molecule has 0 heterocycles. The fourth-order valence-electron chi connectivity index (χ4n) is 2.09. The van der Waals surface area contributed by atoms with Gasteiger partial charge in [-0.3, -0.25) is 4.79 Å². The van der Waals surface area contributed by atoms with Gasteiger partial charge in [0.15, 0.2) is 0 Å². The van der Waals surface area contributed by atoms with Gasteiger partial charge in [0.1, 0.15) is 0 Å². The van der Waals surface area contributed by atoms with Crippen molar-refractivity contribution in [3.8, 4) is 0 Å². The van der Waals surface area contributed by atoms with Crippen LogP contribution in [-0.4, -0.2) is 32.1 Å². The third-order valence-electron chi connectivity index (χ3n) is 3.33. The maximum Gasteiger partial charge on any atom is 0.339 e. The summed E-state index contributed by atoms with van der Waals surface area (Å²) in [4.78, 5) is 35.6. The molecule has 0 unspecified atom stereocenters. The third-order valence-corrected chi connectivity index (χ3v) is 3.33. The summed E-state index contributed by atoms with van der Waals surface area (Å²) in [6.07, 6.45) is 2.97. The molecule has 0 saturated heterocycles. The Morgan fingerprint density at radius 3 is 2.24 bits per heavy atom. The smallest absolute Gasteiger partial charge is 0.339 e. The first kappa shape index (κ1) is 17.9. The molecule has 0 aromatic heterocycles. The van der Waals surface area contributed by atoms with Gasteiger partial charge in [0.25, 0.3) is 0 Å². The standard InChI is InChI=1S/C19H17NO5/c1-24-18(22)14-9-10-15(19(23)25-2)16(12-14)20-17(21)11-8-13-6-4-3-5-7-13/h3-12H,1-2H3,(H,20,21). The van der Waals surface area contributed by atoms with Gasteiger partial charge < -0.3 is 14.8 Å². The van der Waals surface area contributed by atoms with Crippen LogP contribution in [0.25, 0.3) is 6.08 Å². The molecular formula is C19H17NO5. The monoisotopic (exact) mass is 339 g/mol. The number of rotatable bonds is 5. The highest BCUT2D eigenvalue weighted by Crippen LogP contribution is 2.20. The minimum absolute atomic E-state index is 0.136. The first-order chi connectivity index (χ1) is 12.0. The van der Waals surface area contributed by atoms with E-state index >= 15 is 0 Å². The number of ether oxygens (including phenoxy) is 2. The predicted octanol–water partition coefficient (Wildman–Crippen LogP) is 2.91. The maximum atomic E-state index is 12.1. The fraction of sp³-hybridized carbons (Fsp3) is 0.105. The lowest BCUT2D eigenvalue weighted by molar-refractivity contribution is -0.111. The van der Waals surface area contributed by atoms with Crippen LogP contribution in [0.2, 0.25) is 0 Å². The van der Waals surface area contributed by atoms with Gasteiger partial charge in [-0.05, 0) is 29.8 Å². The average molecular weight is 339 g/mol. The van der Waals surface area contributed by atoms with E-state index in [2.05, 4.69) is 10.1 Å². The van der Waals surface area contributed by atoms with Gasteiger partial charge in [-0.2, -0.15) is 0 Å². The second kappa shape index (κ2) is 8.44. The number of hydrogen-bond acceptors (Lipinski definition) is 5. The molecule has 1 N–H and O–H groups in total. The lowest BCUT2D eigenvalue weighted by atomic mass is 10.1. The summed E-state index contributed by atoms with van der Waals surface area (Å²) in [6.45, 7) is 0. The minimum Gasteiger partial charge on any atom is -0.465 e. The van der Waals surface area contributed by atoms with Crippen molar-refractivity contribution in [2.75, 3.05) is 19.5 Å². The quantitative estimate of drug-likeness (QED) is 0.669. The molecule has 0 spiro atoms. The van der Waals surface area contributed by atoms with E-state index in [0.717, 1.165) is 5.56 Å². The first-order valence-corrected chi connectivity index (χ1v) is 7.40. The second-order valence-electron chi connectivity index (χ2n) is 4.98. The maximum absolute atomic E-state index is 12.1. The molecule has 0 fully saturated rings. The van der Waals surface area contributed by atoms with Crippen LogP contribution in [0, 0.1) is 0 Å². The van der Waals surface area contributed by atoms with Crippen LogP contribution in [0.15, 0.2) is 54.6 Å². The Balaban J connectivity index is 2.26. The zero-order valence-corrected chi connectivity index (χ0v) is 13.8. The minimum atomic E-state index is -0.626. The molecule has 0 atom stereocenters. The molecule has 0 aliphatic carbocycles. The number of carbonyl (C=O) groups excluding carboxylic acids is 3. The van der Waals surface area contributed by atoms with Crippen LogP contribution < -0.4 is 5.32 Å². The highest BCUT2D eigenvalue weighted by Gasteiger charge is 2.16.